The number of amides is 1. The Morgan fingerprint density at radius 2 is 1.78 bits per heavy atom. The van der Waals surface area contributed by atoms with Crippen molar-refractivity contribution in [3.8, 4) is 0 Å². The standard InChI is InChI=1S/C30H50N2O4/c1-17(2)27(36)31-25-12-9-19-13-20-22(11-10-21(19)28(25,4)16-33)29(5)15-24(35)26(18(3)32(7)8)30(29,6)14-23(20)34/h13,17-19,21-22,24-26,33,35H,9-12,14-16H2,1-8H3,(H,31,36)/t18-,19?,21+,22+,24+,25-,26-,28-,29-,30+/m0/s1. The number of hydrogen-bond acceptors (Lipinski definition) is 5. The molecule has 3 fully saturated rings. The number of nitrogens with one attached hydrogen (secondary N) is 1. The predicted molar refractivity (Wildman–Crippen MR) is 142 cm³/mol. The van der Waals surface area contributed by atoms with Crippen molar-refractivity contribution in [3.05, 3.63) is 11.6 Å². The van der Waals surface area contributed by atoms with Gasteiger partial charge in [0.05, 0.1) is 12.7 Å². The highest BCUT2D eigenvalue weighted by Gasteiger charge is 2.67. The fourth-order valence-corrected chi connectivity index (χ4v) is 9.05. The minimum atomic E-state index is -0.428. The zero-order chi connectivity index (χ0) is 26.8. The van der Waals surface area contributed by atoms with Gasteiger partial charge in [0.2, 0.25) is 5.91 Å². The number of carbonyl (C=O) groups excluding carboxylic acids is 2. The average Bonchev–Trinajstić information content (AvgIpc) is 2.92. The fraction of sp³-hybridized carbons (Fsp3) is 0.867. The minimum Gasteiger partial charge on any atom is -0.396 e. The van der Waals surface area contributed by atoms with Gasteiger partial charge in [0, 0.05) is 35.8 Å². The monoisotopic (exact) mass is 502 g/mol. The molecule has 4 rings (SSSR count). The first kappa shape index (κ1) is 27.8. The lowest BCUT2D eigenvalue weighted by molar-refractivity contribution is -0.130. The number of aliphatic hydroxyl groups is 2. The molecule has 1 amide bonds. The molecule has 6 nitrogen and oxygen atoms in total. The highest BCUT2D eigenvalue weighted by Crippen LogP contribution is 2.68. The van der Waals surface area contributed by atoms with Crippen molar-refractivity contribution < 1.29 is 19.8 Å². The van der Waals surface area contributed by atoms with Crippen LogP contribution in [-0.4, -0.2) is 65.7 Å². The third-order valence-corrected chi connectivity index (χ3v) is 11.7. The van der Waals surface area contributed by atoms with Crippen molar-refractivity contribution in [1.82, 2.24) is 10.2 Å². The Morgan fingerprint density at radius 3 is 2.36 bits per heavy atom. The van der Waals surface area contributed by atoms with Crippen molar-refractivity contribution in [3.63, 3.8) is 0 Å². The molecule has 3 N–H and O–H groups in total. The smallest absolute Gasteiger partial charge is 0.222 e. The van der Waals surface area contributed by atoms with Crippen LogP contribution in [0.5, 0.6) is 0 Å². The van der Waals surface area contributed by atoms with Gasteiger partial charge in [-0.2, -0.15) is 0 Å². The van der Waals surface area contributed by atoms with Gasteiger partial charge in [-0.25, -0.2) is 0 Å². The van der Waals surface area contributed by atoms with E-state index < -0.39 is 11.5 Å². The van der Waals surface area contributed by atoms with Gasteiger partial charge >= 0.3 is 0 Å². The lowest BCUT2D eigenvalue weighted by Crippen LogP contribution is -2.56. The van der Waals surface area contributed by atoms with E-state index in [-0.39, 0.29) is 70.8 Å². The molecule has 3 saturated carbocycles. The summed E-state index contributed by atoms with van der Waals surface area (Å²) in [5.41, 5.74) is 0.134. The molecule has 0 aromatic carbocycles. The van der Waals surface area contributed by atoms with Crippen molar-refractivity contribution in [2.45, 2.75) is 98.3 Å². The van der Waals surface area contributed by atoms with Gasteiger partial charge in [-0.15, -0.1) is 0 Å². The van der Waals surface area contributed by atoms with E-state index in [9.17, 15) is 19.8 Å². The second kappa shape index (κ2) is 9.50. The third-order valence-electron chi connectivity index (χ3n) is 11.7. The van der Waals surface area contributed by atoms with Crippen LogP contribution in [0.25, 0.3) is 0 Å². The zero-order valence-corrected chi connectivity index (χ0v) is 23.8. The summed E-state index contributed by atoms with van der Waals surface area (Å²) in [5, 5.41) is 25.3. The van der Waals surface area contributed by atoms with E-state index in [0.717, 1.165) is 37.7 Å². The Bertz CT molecular complexity index is 915. The molecule has 10 atom stereocenters. The highest BCUT2D eigenvalue weighted by atomic mass is 16.3. The van der Waals surface area contributed by atoms with Gasteiger partial charge in [-0.3, -0.25) is 9.59 Å². The highest BCUT2D eigenvalue weighted by molar-refractivity contribution is 5.98. The van der Waals surface area contributed by atoms with Gasteiger partial charge in [0.25, 0.3) is 0 Å². The maximum absolute atomic E-state index is 13.8. The Morgan fingerprint density at radius 1 is 1.11 bits per heavy atom. The first-order valence-corrected chi connectivity index (χ1v) is 14.2. The summed E-state index contributed by atoms with van der Waals surface area (Å²) in [6.45, 7) is 12.7. The molecule has 0 aromatic rings. The van der Waals surface area contributed by atoms with E-state index >= 15 is 0 Å². The molecular formula is C30H50N2O4. The quantitative estimate of drug-likeness (QED) is 0.532. The van der Waals surface area contributed by atoms with Crippen LogP contribution in [0.1, 0.15) is 80.1 Å². The van der Waals surface area contributed by atoms with Gasteiger partial charge < -0.3 is 20.4 Å². The van der Waals surface area contributed by atoms with Gasteiger partial charge in [-0.1, -0.05) is 40.7 Å². The number of ketones is 1. The summed E-state index contributed by atoms with van der Waals surface area (Å²) in [5.74, 6) is 0.810. The van der Waals surface area contributed by atoms with Crippen LogP contribution in [-0.2, 0) is 9.59 Å². The number of hydrogen-bond donors (Lipinski definition) is 3. The molecule has 6 heteroatoms. The third kappa shape index (κ3) is 4.01. The normalized spacial score (nSPS) is 45.4. The average molecular weight is 503 g/mol. The minimum absolute atomic E-state index is 0.0229. The van der Waals surface area contributed by atoms with Crippen LogP contribution in [0.2, 0.25) is 0 Å². The van der Waals surface area contributed by atoms with Crippen LogP contribution in [0.4, 0.5) is 0 Å². The topological polar surface area (TPSA) is 89.9 Å². The Balaban J connectivity index is 1.69. The molecule has 0 saturated heterocycles. The molecule has 0 spiro atoms. The number of aliphatic hydroxyl groups excluding tert-OH is 2. The zero-order valence-electron chi connectivity index (χ0n) is 23.8. The van der Waals surface area contributed by atoms with Crippen LogP contribution in [0, 0.1) is 45.8 Å². The summed E-state index contributed by atoms with van der Waals surface area (Å²) in [6, 6.07) is 0.119. The number of nitrogens with zero attached hydrogens (tertiary/aromatic N) is 1. The second-order valence-electron chi connectivity index (χ2n) is 13.9. The Kier molecular flexibility index (Phi) is 7.33. The molecule has 4 aliphatic rings. The number of fused-ring (bicyclic) bond motifs is 4. The van der Waals surface area contributed by atoms with Crippen molar-refractivity contribution in [2.24, 2.45) is 45.8 Å². The summed E-state index contributed by atoms with van der Waals surface area (Å²) >= 11 is 0. The number of carbonyl (C=O) groups is 2. The van der Waals surface area contributed by atoms with Crippen LogP contribution in [0.3, 0.4) is 0 Å². The summed E-state index contributed by atoms with van der Waals surface area (Å²) in [4.78, 5) is 28.6. The van der Waals surface area contributed by atoms with Gasteiger partial charge in [-0.05, 0) is 87.3 Å². The molecule has 0 aromatic heterocycles. The molecule has 36 heavy (non-hydrogen) atoms. The van der Waals surface area contributed by atoms with Gasteiger partial charge in [0.1, 0.15) is 0 Å². The Labute approximate surface area is 218 Å². The molecule has 0 aliphatic heterocycles. The number of rotatable bonds is 5. The molecule has 0 radical (unpaired) electrons. The maximum Gasteiger partial charge on any atom is 0.222 e. The van der Waals surface area contributed by atoms with Crippen LogP contribution >= 0.6 is 0 Å². The number of Topliss-reactive ketones (excluding diaryl/α,β-unsaturated/α-hetero) is 1. The molecule has 1 unspecified atom stereocenters. The largest absolute Gasteiger partial charge is 0.396 e. The summed E-state index contributed by atoms with van der Waals surface area (Å²) < 4.78 is 0. The summed E-state index contributed by atoms with van der Waals surface area (Å²) in [7, 11) is 4.12. The van der Waals surface area contributed by atoms with E-state index in [1.165, 1.54) is 0 Å². The fourth-order valence-electron chi connectivity index (χ4n) is 9.05. The molecule has 4 aliphatic carbocycles. The lowest BCUT2D eigenvalue weighted by Gasteiger charge is -2.54. The molecular weight excluding hydrogens is 452 g/mol. The van der Waals surface area contributed by atoms with Crippen LogP contribution in [0.15, 0.2) is 11.6 Å². The predicted octanol–water partition coefficient (Wildman–Crippen LogP) is 3.80. The maximum atomic E-state index is 13.8. The van der Waals surface area contributed by atoms with E-state index in [1.807, 2.05) is 13.8 Å². The van der Waals surface area contributed by atoms with E-state index in [0.29, 0.717) is 6.42 Å². The van der Waals surface area contributed by atoms with E-state index in [1.54, 1.807) is 0 Å². The molecule has 204 valence electrons. The van der Waals surface area contributed by atoms with E-state index in [4.69, 9.17) is 0 Å². The van der Waals surface area contributed by atoms with E-state index in [2.05, 4.69) is 58.1 Å². The number of allylic oxidation sites excluding steroid dienone is 2. The summed E-state index contributed by atoms with van der Waals surface area (Å²) in [6.07, 6.45) is 6.62. The first-order chi connectivity index (χ1) is 16.7. The lowest BCUT2D eigenvalue weighted by atomic mass is 9.50. The molecule has 0 bridgehead atoms. The molecule has 0 heterocycles. The SMILES string of the molecule is CC(C)C(=O)N[C@H]1CCC2C=C3C(=O)C[C@]4(C)[C@@H]([C@H](C)N(C)C)[C@H](O)C[C@@]4(C)[C@@H]3CC[C@H]2[C@]1(C)CO. The first-order valence-electron chi connectivity index (χ1n) is 14.2. The van der Waals surface area contributed by atoms with Crippen molar-refractivity contribution >= 4 is 11.7 Å². The van der Waals surface area contributed by atoms with Crippen LogP contribution < -0.4 is 5.32 Å². The van der Waals surface area contributed by atoms with Crippen molar-refractivity contribution in [2.75, 3.05) is 20.7 Å². The van der Waals surface area contributed by atoms with Crippen molar-refractivity contribution in [1.29, 1.82) is 0 Å². The van der Waals surface area contributed by atoms with Gasteiger partial charge in [0.15, 0.2) is 5.78 Å². The Hall–Kier alpha value is -1.24. The second-order valence-corrected chi connectivity index (χ2v) is 13.9.